The summed E-state index contributed by atoms with van der Waals surface area (Å²) in [5, 5.41) is 1.11. The van der Waals surface area contributed by atoms with Crippen molar-refractivity contribution >= 4 is 79.8 Å². The van der Waals surface area contributed by atoms with Gasteiger partial charge in [0, 0.05) is 45.1 Å². The number of anilines is 8. The quantitative estimate of drug-likeness (QED) is 0.155. The van der Waals surface area contributed by atoms with E-state index in [1.807, 2.05) is 0 Å². The Labute approximate surface area is 422 Å². The van der Waals surface area contributed by atoms with E-state index in [0.717, 1.165) is 70.0 Å². The first-order valence-electron chi connectivity index (χ1n) is 26.0. The summed E-state index contributed by atoms with van der Waals surface area (Å²) in [6, 6.07) is 57.6. The van der Waals surface area contributed by atoms with Crippen molar-refractivity contribution in [2.45, 2.75) is 116 Å². The first-order chi connectivity index (χ1) is 34.0. The van der Waals surface area contributed by atoms with Crippen LogP contribution >= 0.6 is 0 Å². The smallest absolute Gasteiger partial charge is 0.297 e. The number of hydrogen-bond acceptors (Lipinski definition) is 4. The van der Waals surface area contributed by atoms with E-state index in [-0.39, 0.29) is 34.4 Å². The summed E-state index contributed by atoms with van der Waals surface area (Å²) in [5.41, 5.74) is 21.5. The fraction of sp³-hybridized carbons (Fsp3) is 0.273. The number of benzene rings is 7. The van der Waals surface area contributed by atoms with Crippen LogP contribution in [0.5, 0.6) is 0 Å². The molecule has 2 aliphatic carbocycles. The number of hydrogen-bond donors (Lipinski definition) is 0. The van der Waals surface area contributed by atoms with Crippen LogP contribution in [0.3, 0.4) is 0 Å². The molecule has 0 fully saturated rings. The average molecular weight is 928 g/mol. The summed E-state index contributed by atoms with van der Waals surface area (Å²) in [4.78, 5) is 7.85. The third-order valence-electron chi connectivity index (χ3n) is 16.3. The van der Waals surface area contributed by atoms with Gasteiger partial charge in [-0.05, 0) is 140 Å². The van der Waals surface area contributed by atoms with Gasteiger partial charge in [-0.25, -0.2) is 0 Å². The lowest BCUT2D eigenvalue weighted by atomic mass is 9.35. The molecular formula is C66H66BN3O. The number of furan rings is 1. The molecule has 0 bridgehead atoms. The van der Waals surface area contributed by atoms with Gasteiger partial charge >= 0.3 is 0 Å². The molecule has 71 heavy (non-hydrogen) atoms. The molecular weight excluding hydrogens is 862 g/mol. The maximum Gasteiger partial charge on any atom is 0.297 e. The Morgan fingerprint density at radius 1 is 0.592 bits per heavy atom. The number of fused-ring (bicyclic) bond motifs is 8. The molecule has 4 aliphatic rings. The summed E-state index contributed by atoms with van der Waals surface area (Å²) in [7, 11) is 0. The minimum Gasteiger partial charge on any atom is -0.468 e. The molecule has 4 nitrogen and oxygen atoms in total. The van der Waals surface area contributed by atoms with Crippen molar-refractivity contribution in [3.63, 3.8) is 0 Å². The molecule has 0 radical (unpaired) electrons. The molecule has 0 saturated carbocycles. The Kier molecular flexibility index (Phi) is 10.4. The highest BCUT2D eigenvalue weighted by atomic mass is 16.3. The van der Waals surface area contributed by atoms with Crippen LogP contribution in [0.2, 0.25) is 0 Å². The predicted molar refractivity (Wildman–Crippen MR) is 304 cm³/mol. The van der Waals surface area contributed by atoms with E-state index in [2.05, 4.69) is 260 Å². The van der Waals surface area contributed by atoms with Crippen LogP contribution < -0.4 is 31.3 Å². The lowest BCUT2D eigenvalue weighted by Crippen LogP contribution is -2.61. The van der Waals surface area contributed by atoms with E-state index in [4.69, 9.17) is 4.42 Å². The first-order valence-corrected chi connectivity index (χ1v) is 26.0. The third-order valence-corrected chi connectivity index (χ3v) is 16.3. The number of rotatable bonds is 6. The normalized spacial score (nSPS) is 17.4. The SMILES string of the molecule is CC(C)(C)c1ccc(N2c3cc(N(c4ccccc4)C4C=CC=CC4)cc4c3B(c3ccc5c(c32)C(C)(C)CCC5(C)C)c2oc3ccccc3c2N4c2ccc(C(C)(C)C)cc2-c2ccccc2)cc1. The molecule has 0 saturated heterocycles. The second kappa shape index (κ2) is 16.3. The zero-order valence-corrected chi connectivity index (χ0v) is 43.3. The van der Waals surface area contributed by atoms with E-state index in [1.165, 1.54) is 55.7 Å². The average Bonchev–Trinajstić information content (AvgIpc) is 3.75. The van der Waals surface area contributed by atoms with Gasteiger partial charge in [0.15, 0.2) is 0 Å². The van der Waals surface area contributed by atoms with Crippen LogP contribution in [0, 0.1) is 0 Å². The van der Waals surface area contributed by atoms with Gasteiger partial charge < -0.3 is 19.1 Å². The monoisotopic (exact) mass is 928 g/mol. The second-order valence-corrected chi connectivity index (χ2v) is 24.0. The molecule has 354 valence electrons. The van der Waals surface area contributed by atoms with Crippen LogP contribution in [0.4, 0.5) is 45.5 Å². The molecule has 0 spiro atoms. The van der Waals surface area contributed by atoms with E-state index in [0.29, 0.717) is 0 Å². The van der Waals surface area contributed by atoms with Crippen molar-refractivity contribution in [2.75, 3.05) is 14.7 Å². The molecule has 2 aliphatic heterocycles. The molecule has 1 atom stereocenters. The predicted octanol–water partition coefficient (Wildman–Crippen LogP) is 16.1. The molecule has 0 amide bonds. The highest BCUT2D eigenvalue weighted by molar-refractivity contribution is 7.00. The molecule has 1 aromatic heterocycles. The lowest BCUT2D eigenvalue weighted by molar-refractivity contribution is 0.333. The van der Waals surface area contributed by atoms with Crippen molar-refractivity contribution in [3.8, 4) is 11.1 Å². The Morgan fingerprint density at radius 3 is 1.93 bits per heavy atom. The van der Waals surface area contributed by atoms with Crippen LogP contribution in [0.25, 0.3) is 22.1 Å². The molecule has 1 unspecified atom stereocenters. The standard InChI is InChI=1S/C66H66BN3O/c1-63(2,3)44-30-33-48(34-31-44)69-55-41-49(68(46-24-16-12-17-25-46)47-26-18-13-19-27-47)42-56-59(55)67(53-36-35-52-58(61(53)69)66(9,10)39-38-65(52,7)8)62-60(50-28-20-21-29-57(50)71-62)70(56)54-37-32-45(64(4,5)6)40-51(54)43-22-14-11-15-23-43/h11-26,28-37,40-42,47H,27,38-39H2,1-10H3. The summed E-state index contributed by atoms with van der Waals surface area (Å²) in [6.45, 7) is 23.6. The first kappa shape index (κ1) is 45.2. The topological polar surface area (TPSA) is 22.9 Å². The van der Waals surface area contributed by atoms with Crippen molar-refractivity contribution in [1.82, 2.24) is 0 Å². The number of para-hydroxylation sites is 2. The van der Waals surface area contributed by atoms with Crippen LogP contribution in [0.15, 0.2) is 180 Å². The zero-order chi connectivity index (χ0) is 49.2. The molecule has 5 heteroatoms. The Balaban J connectivity index is 1.26. The molecule has 8 aromatic rings. The third kappa shape index (κ3) is 7.32. The minimum atomic E-state index is -0.185. The molecule has 7 aromatic carbocycles. The van der Waals surface area contributed by atoms with Crippen LogP contribution in [0.1, 0.15) is 111 Å². The summed E-state index contributed by atoms with van der Waals surface area (Å²) < 4.78 is 7.46. The lowest BCUT2D eigenvalue weighted by Gasteiger charge is -2.49. The van der Waals surface area contributed by atoms with Gasteiger partial charge in [0.1, 0.15) is 5.58 Å². The van der Waals surface area contributed by atoms with E-state index >= 15 is 0 Å². The Bertz CT molecular complexity index is 3440. The van der Waals surface area contributed by atoms with Gasteiger partial charge in [0.25, 0.3) is 6.71 Å². The zero-order valence-electron chi connectivity index (χ0n) is 43.3. The van der Waals surface area contributed by atoms with Gasteiger partial charge in [0.2, 0.25) is 0 Å². The fourth-order valence-electron chi connectivity index (χ4n) is 12.3. The van der Waals surface area contributed by atoms with Crippen molar-refractivity contribution in [3.05, 3.63) is 198 Å². The highest BCUT2D eigenvalue weighted by Gasteiger charge is 2.51. The second-order valence-electron chi connectivity index (χ2n) is 24.0. The van der Waals surface area contributed by atoms with Crippen LogP contribution in [-0.4, -0.2) is 12.8 Å². The largest absolute Gasteiger partial charge is 0.468 e. The van der Waals surface area contributed by atoms with Crippen molar-refractivity contribution in [2.24, 2.45) is 0 Å². The molecule has 12 rings (SSSR count). The summed E-state index contributed by atoms with van der Waals surface area (Å²) in [6.07, 6.45) is 12.2. The van der Waals surface area contributed by atoms with E-state index < -0.39 is 0 Å². The fourth-order valence-corrected chi connectivity index (χ4v) is 12.3. The van der Waals surface area contributed by atoms with Crippen LogP contribution in [-0.2, 0) is 21.7 Å². The van der Waals surface area contributed by atoms with Crippen molar-refractivity contribution < 1.29 is 4.42 Å². The van der Waals surface area contributed by atoms with Crippen molar-refractivity contribution in [1.29, 1.82) is 0 Å². The Hall–Kier alpha value is -6.98. The van der Waals surface area contributed by atoms with E-state index in [9.17, 15) is 0 Å². The maximum atomic E-state index is 7.46. The Morgan fingerprint density at radius 2 is 1.24 bits per heavy atom. The summed E-state index contributed by atoms with van der Waals surface area (Å²) in [5.74, 6) is 0. The minimum absolute atomic E-state index is 0.000811. The highest BCUT2D eigenvalue weighted by Crippen LogP contribution is 2.56. The van der Waals surface area contributed by atoms with Gasteiger partial charge in [-0.1, -0.05) is 185 Å². The maximum absolute atomic E-state index is 7.46. The number of nitrogens with zero attached hydrogens (tertiary/aromatic N) is 3. The van der Waals surface area contributed by atoms with Gasteiger partial charge in [-0.3, -0.25) is 0 Å². The van der Waals surface area contributed by atoms with Gasteiger partial charge in [-0.15, -0.1) is 0 Å². The number of allylic oxidation sites excluding steroid dienone is 2. The summed E-state index contributed by atoms with van der Waals surface area (Å²) >= 11 is 0. The van der Waals surface area contributed by atoms with Gasteiger partial charge in [0.05, 0.1) is 23.1 Å². The molecule has 0 N–H and O–H groups in total. The van der Waals surface area contributed by atoms with Gasteiger partial charge in [-0.2, -0.15) is 0 Å². The van der Waals surface area contributed by atoms with E-state index in [1.54, 1.807) is 0 Å². The molecule has 3 heterocycles.